The fraction of sp³-hybridized carbons (Fsp3) is 0.667. The first-order valence-electron chi connectivity index (χ1n) is 8.05. The fourth-order valence-corrected chi connectivity index (χ4v) is 4.26. The molecule has 0 bridgehead atoms. The van der Waals surface area contributed by atoms with Gasteiger partial charge in [0.2, 0.25) is 0 Å². The molecular formula is C18H28BrNO. The molecule has 0 aromatic heterocycles. The SMILES string of the molecule is COc1cccc(CN(C)CC2(CBr)CCCCCC2)c1. The molecule has 1 aliphatic rings. The summed E-state index contributed by atoms with van der Waals surface area (Å²) in [4.78, 5) is 2.47. The summed E-state index contributed by atoms with van der Waals surface area (Å²) in [6.45, 7) is 2.17. The molecule has 1 aromatic carbocycles. The Labute approximate surface area is 138 Å². The van der Waals surface area contributed by atoms with Crippen molar-refractivity contribution in [1.29, 1.82) is 0 Å². The van der Waals surface area contributed by atoms with Crippen LogP contribution in [0.3, 0.4) is 0 Å². The number of alkyl halides is 1. The van der Waals surface area contributed by atoms with Gasteiger partial charge in [0.25, 0.3) is 0 Å². The zero-order chi connectivity index (χ0) is 15.1. The smallest absolute Gasteiger partial charge is 0.119 e. The summed E-state index contributed by atoms with van der Waals surface area (Å²) in [7, 11) is 3.98. The molecule has 0 atom stereocenters. The Balaban J connectivity index is 1.96. The van der Waals surface area contributed by atoms with E-state index in [1.165, 1.54) is 50.6 Å². The van der Waals surface area contributed by atoms with Crippen molar-refractivity contribution in [3.8, 4) is 5.75 Å². The number of hydrogen-bond donors (Lipinski definition) is 0. The minimum absolute atomic E-state index is 0.462. The third kappa shape index (κ3) is 5.00. The van der Waals surface area contributed by atoms with Crippen molar-refractivity contribution in [1.82, 2.24) is 4.90 Å². The van der Waals surface area contributed by atoms with E-state index < -0.39 is 0 Å². The van der Waals surface area contributed by atoms with Gasteiger partial charge >= 0.3 is 0 Å². The molecule has 2 nitrogen and oxygen atoms in total. The highest BCUT2D eigenvalue weighted by molar-refractivity contribution is 9.09. The lowest BCUT2D eigenvalue weighted by molar-refractivity contribution is 0.171. The van der Waals surface area contributed by atoms with E-state index in [9.17, 15) is 0 Å². The van der Waals surface area contributed by atoms with Crippen LogP contribution in [0.5, 0.6) is 5.75 Å². The summed E-state index contributed by atoms with van der Waals surface area (Å²) in [5, 5.41) is 1.13. The van der Waals surface area contributed by atoms with E-state index in [4.69, 9.17) is 4.74 Å². The van der Waals surface area contributed by atoms with Gasteiger partial charge in [0.1, 0.15) is 5.75 Å². The first-order valence-corrected chi connectivity index (χ1v) is 9.17. The van der Waals surface area contributed by atoms with Gasteiger partial charge in [-0.15, -0.1) is 0 Å². The fourth-order valence-electron chi connectivity index (χ4n) is 3.52. The predicted octanol–water partition coefficient (Wildman–Crippen LogP) is 4.86. The average Bonchev–Trinajstić information content (AvgIpc) is 2.73. The van der Waals surface area contributed by atoms with Crippen molar-refractivity contribution in [2.45, 2.75) is 45.1 Å². The zero-order valence-electron chi connectivity index (χ0n) is 13.4. The molecule has 21 heavy (non-hydrogen) atoms. The van der Waals surface area contributed by atoms with E-state index in [0.717, 1.165) is 17.6 Å². The van der Waals surface area contributed by atoms with Crippen molar-refractivity contribution >= 4 is 15.9 Å². The van der Waals surface area contributed by atoms with Crippen LogP contribution < -0.4 is 4.74 Å². The summed E-state index contributed by atoms with van der Waals surface area (Å²) in [5.41, 5.74) is 1.79. The van der Waals surface area contributed by atoms with Crippen LogP contribution in [0.2, 0.25) is 0 Å². The van der Waals surface area contributed by atoms with Crippen LogP contribution in [0.1, 0.15) is 44.1 Å². The Morgan fingerprint density at radius 2 is 1.90 bits per heavy atom. The van der Waals surface area contributed by atoms with E-state index in [0.29, 0.717) is 5.41 Å². The third-order valence-corrected chi connectivity index (χ3v) is 5.83. The van der Waals surface area contributed by atoms with Crippen LogP contribution >= 0.6 is 15.9 Å². The van der Waals surface area contributed by atoms with E-state index in [-0.39, 0.29) is 0 Å². The predicted molar refractivity (Wildman–Crippen MR) is 93.3 cm³/mol. The number of methoxy groups -OCH3 is 1. The molecule has 0 aliphatic heterocycles. The number of nitrogens with zero attached hydrogens (tertiary/aromatic N) is 1. The third-order valence-electron chi connectivity index (χ3n) is 4.64. The maximum Gasteiger partial charge on any atom is 0.119 e. The van der Waals surface area contributed by atoms with Crippen LogP contribution in [0.4, 0.5) is 0 Å². The Hall–Kier alpha value is -0.540. The number of benzene rings is 1. The van der Waals surface area contributed by atoms with Gasteiger partial charge in [0, 0.05) is 18.4 Å². The van der Waals surface area contributed by atoms with Crippen LogP contribution in [0, 0.1) is 5.41 Å². The van der Waals surface area contributed by atoms with Crippen molar-refractivity contribution < 1.29 is 4.74 Å². The second-order valence-corrected chi connectivity index (χ2v) is 7.13. The van der Waals surface area contributed by atoms with E-state index in [1.807, 2.05) is 6.07 Å². The van der Waals surface area contributed by atoms with E-state index >= 15 is 0 Å². The van der Waals surface area contributed by atoms with E-state index in [1.54, 1.807) is 7.11 Å². The summed E-state index contributed by atoms with van der Waals surface area (Å²) in [6, 6.07) is 8.42. The molecule has 1 aromatic rings. The Bertz CT molecular complexity index is 427. The summed E-state index contributed by atoms with van der Waals surface area (Å²) < 4.78 is 5.32. The van der Waals surface area contributed by atoms with Crippen molar-refractivity contribution in [2.24, 2.45) is 5.41 Å². The highest BCUT2D eigenvalue weighted by Gasteiger charge is 2.31. The monoisotopic (exact) mass is 353 g/mol. The highest BCUT2D eigenvalue weighted by Crippen LogP contribution is 2.37. The van der Waals surface area contributed by atoms with Gasteiger partial charge in [-0.3, -0.25) is 0 Å². The van der Waals surface area contributed by atoms with Gasteiger partial charge < -0.3 is 9.64 Å². The molecule has 0 spiro atoms. The number of halogens is 1. The zero-order valence-corrected chi connectivity index (χ0v) is 15.0. The molecule has 1 fully saturated rings. The van der Waals surface area contributed by atoms with Gasteiger partial charge in [-0.2, -0.15) is 0 Å². The molecule has 1 saturated carbocycles. The molecule has 1 aliphatic carbocycles. The Morgan fingerprint density at radius 3 is 2.52 bits per heavy atom. The minimum atomic E-state index is 0.462. The summed E-state index contributed by atoms with van der Waals surface area (Å²) >= 11 is 3.79. The van der Waals surface area contributed by atoms with Gasteiger partial charge in [-0.05, 0) is 43.0 Å². The largest absolute Gasteiger partial charge is 0.497 e. The Morgan fingerprint density at radius 1 is 1.19 bits per heavy atom. The topological polar surface area (TPSA) is 12.5 Å². The van der Waals surface area contributed by atoms with Crippen LogP contribution in [0.15, 0.2) is 24.3 Å². The van der Waals surface area contributed by atoms with E-state index in [2.05, 4.69) is 46.1 Å². The molecule has 118 valence electrons. The maximum atomic E-state index is 5.32. The molecule has 0 unspecified atom stereocenters. The second-order valence-electron chi connectivity index (χ2n) is 6.57. The van der Waals surface area contributed by atoms with Gasteiger partial charge in [0.05, 0.1) is 7.11 Å². The van der Waals surface area contributed by atoms with Crippen molar-refractivity contribution in [2.75, 3.05) is 26.0 Å². The van der Waals surface area contributed by atoms with Crippen LogP contribution in [0.25, 0.3) is 0 Å². The Kier molecular flexibility index (Phi) is 6.56. The number of ether oxygens (including phenoxy) is 1. The molecular weight excluding hydrogens is 326 g/mol. The van der Waals surface area contributed by atoms with Crippen LogP contribution in [-0.2, 0) is 6.54 Å². The highest BCUT2D eigenvalue weighted by atomic mass is 79.9. The van der Waals surface area contributed by atoms with Crippen molar-refractivity contribution in [3.05, 3.63) is 29.8 Å². The van der Waals surface area contributed by atoms with Crippen molar-refractivity contribution in [3.63, 3.8) is 0 Å². The molecule has 0 heterocycles. The number of hydrogen-bond acceptors (Lipinski definition) is 2. The number of rotatable bonds is 6. The lowest BCUT2D eigenvalue weighted by atomic mass is 9.82. The average molecular weight is 354 g/mol. The lowest BCUT2D eigenvalue weighted by Crippen LogP contribution is -2.36. The standard InChI is InChI=1S/C18H28BrNO/c1-20(13-16-8-7-9-17(12-16)21-2)15-18(14-19)10-5-3-4-6-11-18/h7-9,12H,3-6,10-11,13-15H2,1-2H3. The maximum absolute atomic E-state index is 5.32. The van der Waals surface area contributed by atoms with Crippen LogP contribution in [-0.4, -0.2) is 30.9 Å². The quantitative estimate of drug-likeness (QED) is 0.534. The lowest BCUT2D eigenvalue weighted by Gasteiger charge is -2.35. The molecule has 0 saturated heterocycles. The van der Waals surface area contributed by atoms with Gasteiger partial charge in [0.15, 0.2) is 0 Å². The first-order chi connectivity index (χ1) is 10.2. The van der Waals surface area contributed by atoms with Gasteiger partial charge in [-0.1, -0.05) is 53.7 Å². The summed E-state index contributed by atoms with van der Waals surface area (Å²) in [5.74, 6) is 0.950. The molecule has 0 amide bonds. The molecule has 0 N–H and O–H groups in total. The molecule has 2 rings (SSSR count). The molecule has 3 heteroatoms. The normalized spacial score (nSPS) is 18.5. The minimum Gasteiger partial charge on any atom is -0.497 e. The second kappa shape index (κ2) is 8.19. The molecule has 0 radical (unpaired) electrons. The summed E-state index contributed by atoms with van der Waals surface area (Å²) in [6.07, 6.45) is 8.32. The van der Waals surface area contributed by atoms with Gasteiger partial charge in [-0.25, -0.2) is 0 Å². The first kappa shape index (κ1) is 16.8.